The van der Waals surface area contributed by atoms with Crippen molar-refractivity contribution < 1.29 is 13.6 Å². The maximum atomic E-state index is 12.4. The van der Waals surface area contributed by atoms with Crippen LogP contribution in [0, 0.1) is 11.3 Å². The van der Waals surface area contributed by atoms with Crippen LogP contribution in [0.2, 0.25) is 0 Å². The minimum absolute atomic E-state index is 0.0371. The zero-order chi connectivity index (χ0) is 13.4. The maximum Gasteiger partial charge on any atom is 0.371 e. The molecule has 0 N–H and O–H groups in total. The smallest absolute Gasteiger partial charge is 0.305 e. The van der Waals surface area contributed by atoms with Crippen LogP contribution in [-0.4, -0.2) is 18.2 Å². The van der Waals surface area contributed by atoms with Gasteiger partial charge in [-0.25, -0.2) is 0 Å². The molecule has 0 fully saturated rings. The lowest BCUT2D eigenvalue weighted by Gasteiger charge is -2.15. The first-order chi connectivity index (χ1) is 8.66. The van der Waals surface area contributed by atoms with E-state index in [1.165, 1.54) is 6.08 Å². The average Bonchev–Trinajstić information content (AvgIpc) is 2.37. The second-order valence-electron chi connectivity index (χ2n) is 3.23. The molecule has 0 aliphatic heterocycles. The summed E-state index contributed by atoms with van der Waals surface area (Å²) in [5.74, 6) is 0. The summed E-state index contributed by atoms with van der Waals surface area (Å²) in [7, 11) is -3.53. The fraction of sp³-hybridized carbons (Fsp3) is 0.333. The summed E-state index contributed by atoms with van der Waals surface area (Å²) in [5.41, 5.74) is 0.536. The number of allylic oxidation sites excluding steroid dienone is 1. The Morgan fingerprint density at radius 1 is 1.44 bits per heavy atom. The summed E-state index contributed by atoms with van der Waals surface area (Å²) in [6.45, 7) is 3.81. The minimum Gasteiger partial charge on any atom is -0.305 e. The van der Waals surface area contributed by atoms with Crippen molar-refractivity contribution in [1.29, 1.82) is 5.26 Å². The summed E-state index contributed by atoms with van der Waals surface area (Å²) in [5, 5.41) is 9.06. The molecule has 0 aliphatic carbocycles. The molecule has 5 nitrogen and oxygen atoms in total. The molecule has 18 heavy (non-hydrogen) atoms. The van der Waals surface area contributed by atoms with Crippen molar-refractivity contribution in [2.24, 2.45) is 0 Å². The highest BCUT2D eigenvalue weighted by molar-refractivity contribution is 7.59. The van der Waals surface area contributed by atoms with E-state index in [2.05, 4.69) is 4.98 Å². The van der Waals surface area contributed by atoms with Crippen molar-refractivity contribution in [2.45, 2.75) is 13.8 Å². The van der Waals surface area contributed by atoms with E-state index in [1.54, 1.807) is 38.2 Å². The van der Waals surface area contributed by atoms with E-state index >= 15 is 0 Å². The zero-order valence-electron chi connectivity index (χ0n) is 10.4. The van der Waals surface area contributed by atoms with Crippen LogP contribution < -0.4 is 0 Å². The van der Waals surface area contributed by atoms with Crippen molar-refractivity contribution in [3.05, 3.63) is 35.4 Å². The highest BCUT2D eigenvalue weighted by Gasteiger charge is 2.29. The number of hydrogen-bond acceptors (Lipinski definition) is 5. The normalized spacial score (nSPS) is 12.2. The lowest BCUT2D eigenvalue weighted by Crippen LogP contribution is -1.98. The molecule has 0 aromatic carbocycles. The Kier molecular flexibility index (Phi) is 5.73. The van der Waals surface area contributed by atoms with E-state index in [-0.39, 0.29) is 18.5 Å². The summed E-state index contributed by atoms with van der Waals surface area (Å²) in [6, 6.07) is 7.11. The van der Waals surface area contributed by atoms with Gasteiger partial charge in [-0.1, -0.05) is 6.07 Å². The second-order valence-corrected chi connectivity index (χ2v) is 5.22. The third-order valence-electron chi connectivity index (χ3n) is 1.98. The van der Waals surface area contributed by atoms with Gasteiger partial charge in [0.15, 0.2) is 0 Å². The Morgan fingerprint density at radius 3 is 2.56 bits per heavy atom. The van der Waals surface area contributed by atoms with E-state index in [0.29, 0.717) is 5.69 Å². The average molecular weight is 266 g/mol. The first kappa shape index (κ1) is 14.6. The monoisotopic (exact) mass is 266 g/mol. The SMILES string of the molecule is CCOP(=O)(OCC)/C(C#N)=C\c1ccccn1. The Bertz CT molecular complexity index is 484. The molecular weight excluding hydrogens is 251 g/mol. The van der Waals surface area contributed by atoms with Crippen molar-refractivity contribution in [2.75, 3.05) is 13.2 Å². The van der Waals surface area contributed by atoms with E-state index in [9.17, 15) is 4.57 Å². The fourth-order valence-corrected chi connectivity index (χ4v) is 2.74. The molecule has 0 saturated carbocycles. The molecule has 0 radical (unpaired) electrons. The van der Waals surface area contributed by atoms with Crippen LogP contribution in [0.5, 0.6) is 0 Å². The van der Waals surface area contributed by atoms with Crippen molar-refractivity contribution in [3.63, 3.8) is 0 Å². The van der Waals surface area contributed by atoms with E-state index in [0.717, 1.165) is 0 Å². The lowest BCUT2D eigenvalue weighted by molar-refractivity contribution is 0.227. The largest absolute Gasteiger partial charge is 0.371 e. The van der Waals surface area contributed by atoms with Gasteiger partial charge in [0.2, 0.25) is 0 Å². The standard InChI is InChI=1S/C12H15N2O3P/c1-3-16-18(15,17-4-2)12(10-13)9-11-7-5-6-8-14-11/h5-9H,3-4H2,1-2H3/b12-9-. The van der Waals surface area contributed by atoms with Gasteiger partial charge < -0.3 is 9.05 Å². The quantitative estimate of drug-likeness (QED) is 0.584. The Hall–Kier alpha value is -1.47. The lowest BCUT2D eigenvalue weighted by atomic mass is 10.3. The molecule has 0 atom stereocenters. The molecule has 0 amide bonds. The molecular formula is C12H15N2O3P. The first-order valence-electron chi connectivity index (χ1n) is 5.58. The summed E-state index contributed by atoms with van der Waals surface area (Å²) in [6.07, 6.45) is 3.01. The predicted octanol–water partition coefficient (Wildman–Crippen LogP) is 3.21. The van der Waals surface area contributed by atoms with Gasteiger partial charge in [0, 0.05) is 6.20 Å². The molecule has 0 bridgehead atoms. The zero-order valence-corrected chi connectivity index (χ0v) is 11.3. The molecule has 0 unspecified atom stereocenters. The van der Waals surface area contributed by atoms with Crippen LogP contribution in [0.15, 0.2) is 29.7 Å². The number of rotatable bonds is 6. The van der Waals surface area contributed by atoms with E-state index < -0.39 is 7.60 Å². The molecule has 96 valence electrons. The Labute approximate surface area is 107 Å². The van der Waals surface area contributed by atoms with Gasteiger partial charge in [0.05, 0.1) is 18.9 Å². The molecule has 1 rings (SSSR count). The van der Waals surface area contributed by atoms with E-state index in [1.807, 2.05) is 6.07 Å². The van der Waals surface area contributed by atoms with Crippen molar-refractivity contribution in [1.82, 2.24) is 4.98 Å². The third kappa shape index (κ3) is 3.78. The van der Waals surface area contributed by atoms with Crippen LogP contribution >= 0.6 is 7.60 Å². The highest BCUT2D eigenvalue weighted by Crippen LogP contribution is 2.56. The van der Waals surface area contributed by atoms with Crippen molar-refractivity contribution in [3.8, 4) is 6.07 Å². The van der Waals surface area contributed by atoms with Crippen molar-refractivity contribution >= 4 is 13.7 Å². The van der Waals surface area contributed by atoms with Crippen LogP contribution in [0.25, 0.3) is 6.08 Å². The molecule has 6 heteroatoms. The topological polar surface area (TPSA) is 72.2 Å². The van der Waals surface area contributed by atoms with E-state index in [4.69, 9.17) is 14.3 Å². The summed E-state index contributed by atoms with van der Waals surface area (Å²) < 4.78 is 22.6. The number of hydrogen-bond donors (Lipinski definition) is 0. The van der Waals surface area contributed by atoms with Gasteiger partial charge in [-0.2, -0.15) is 5.26 Å². The second kappa shape index (κ2) is 7.07. The number of nitrogens with zero attached hydrogens (tertiary/aromatic N) is 2. The maximum absolute atomic E-state index is 12.4. The highest BCUT2D eigenvalue weighted by atomic mass is 31.2. The number of aromatic nitrogens is 1. The van der Waals surface area contributed by atoms with Gasteiger partial charge in [-0.3, -0.25) is 9.55 Å². The molecule has 1 aromatic rings. The number of pyridine rings is 1. The molecule has 0 aliphatic rings. The predicted molar refractivity (Wildman–Crippen MR) is 68.7 cm³/mol. The molecule has 1 heterocycles. The Balaban J connectivity index is 3.12. The van der Waals surface area contributed by atoms with Crippen LogP contribution in [0.1, 0.15) is 19.5 Å². The number of nitriles is 1. The van der Waals surface area contributed by atoms with Gasteiger partial charge in [0.1, 0.15) is 11.4 Å². The molecule has 0 spiro atoms. The van der Waals surface area contributed by atoms with Gasteiger partial charge in [0.25, 0.3) is 0 Å². The molecule has 0 saturated heterocycles. The van der Waals surface area contributed by atoms with Gasteiger partial charge in [-0.05, 0) is 32.1 Å². The fourth-order valence-electron chi connectivity index (χ4n) is 1.29. The van der Waals surface area contributed by atoms with Crippen LogP contribution in [0.4, 0.5) is 0 Å². The van der Waals surface area contributed by atoms with Crippen LogP contribution in [-0.2, 0) is 13.6 Å². The minimum atomic E-state index is -3.53. The molecule has 1 aromatic heterocycles. The van der Waals surface area contributed by atoms with Gasteiger partial charge >= 0.3 is 7.60 Å². The summed E-state index contributed by atoms with van der Waals surface area (Å²) in [4.78, 5) is 4.04. The van der Waals surface area contributed by atoms with Crippen LogP contribution in [0.3, 0.4) is 0 Å². The Morgan fingerprint density at radius 2 is 2.11 bits per heavy atom. The van der Waals surface area contributed by atoms with Gasteiger partial charge in [-0.15, -0.1) is 0 Å². The first-order valence-corrected chi connectivity index (χ1v) is 7.13. The summed E-state index contributed by atoms with van der Waals surface area (Å²) >= 11 is 0. The third-order valence-corrected chi connectivity index (χ3v) is 4.00.